The van der Waals surface area contributed by atoms with Crippen LogP contribution in [0.2, 0.25) is 0 Å². The number of rotatable bonds is 5. The number of ether oxygens (including phenoxy) is 1. The first-order valence-electron chi connectivity index (χ1n) is 5.35. The van der Waals surface area contributed by atoms with Crippen molar-refractivity contribution in [3.8, 4) is 5.75 Å². The van der Waals surface area contributed by atoms with E-state index < -0.39 is 0 Å². The monoisotopic (exact) mass is 283 g/mol. The minimum atomic E-state index is 0.705. The summed E-state index contributed by atoms with van der Waals surface area (Å²) in [6.07, 6.45) is 4.05. The molecule has 0 fully saturated rings. The van der Waals surface area contributed by atoms with Crippen LogP contribution in [0.25, 0.3) is 0 Å². The van der Waals surface area contributed by atoms with Crippen molar-refractivity contribution in [2.24, 2.45) is 5.73 Å². The van der Waals surface area contributed by atoms with Crippen molar-refractivity contribution in [1.82, 2.24) is 0 Å². The average Bonchev–Trinajstić information content (AvgIpc) is 2.29. The molecule has 0 bridgehead atoms. The van der Waals surface area contributed by atoms with E-state index in [4.69, 9.17) is 10.5 Å². The molecule has 0 atom stereocenters. The summed E-state index contributed by atoms with van der Waals surface area (Å²) in [4.78, 5) is 0. The summed E-state index contributed by atoms with van der Waals surface area (Å²) in [6, 6.07) is 6.03. The van der Waals surface area contributed by atoms with Crippen LogP contribution in [0.5, 0.6) is 5.75 Å². The summed E-state index contributed by atoms with van der Waals surface area (Å²) >= 11 is 3.55. The van der Waals surface area contributed by atoms with Crippen LogP contribution >= 0.6 is 15.9 Å². The van der Waals surface area contributed by atoms with Gasteiger partial charge in [-0.2, -0.15) is 0 Å². The Labute approximate surface area is 106 Å². The van der Waals surface area contributed by atoms with Gasteiger partial charge in [-0.25, -0.2) is 0 Å². The van der Waals surface area contributed by atoms with Crippen LogP contribution in [0.4, 0.5) is 0 Å². The second-order valence-corrected chi connectivity index (χ2v) is 4.62. The molecule has 1 rings (SSSR count). The van der Waals surface area contributed by atoms with E-state index in [1.807, 2.05) is 12.1 Å². The van der Waals surface area contributed by atoms with Gasteiger partial charge in [0.1, 0.15) is 5.75 Å². The Morgan fingerprint density at radius 3 is 2.88 bits per heavy atom. The Morgan fingerprint density at radius 2 is 2.25 bits per heavy atom. The summed E-state index contributed by atoms with van der Waals surface area (Å²) in [7, 11) is 1.68. The third kappa shape index (κ3) is 3.99. The van der Waals surface area contributed by atoms with Gasteiger partial charge in [0, 0.05) is 4.47 Å². The quantitative estimate of drug-likeness (QED) is 0.842. The number of allylic oxidation sites excluding steroid dienone is 1. The zero-order chi connectivity index (χ0) is 12.0. The minimum absolute atomic E-state index is 0.705. The fraction of sp³-hybridized carbons (Fsp3) is 0.385. The molecule has 0 heterocycles. The number of methoxy groups -OCH3 is 1. The summed E-state index contributed by atoms with van der Waals surface area (Å²) in [5.74, 6) is 0.893. The van der Waals surface area contributed by atoms with E-state index in [0.717, 1.165) is 23.1 Å². The van der Waals surface area contributed by atoms with Gasteiger partial charge in [0.2, 0.25) is 0 Å². The number of benzene rings is 1. The molecule has 0 saturated heterocycles. The first-order chi connectivity index (χ1) is 7.67. The smallest absolute Gasteiger partial charge is 0.119 e. The standard InChI is InChI=1S/C13H18BrNO/c1-10(4-3-7-15)8-11-9-12(16-2)5-6-13(11)14/h4-6,9H,3,7-8,15H2,1-2H3. The highest BCUT2D eigenvalue weighted by Gasteiger charge is 2.02. The molecule has 0 aliphatic heterocycles. The highest BCUT2D eigenvalue weighted by Crippen LogP contribution is 2.24. The lowest BCUT2D eigenvalue weighted by Crippen LogP contribution is -1.97. The van der Waals surface area contributed by atoms with Crippen LogP contribution in [-0.2, 0) is 6.42 Å². The molecule has 3 heteroatoms. The van der Waals surface area contributed by atoms with Gasteiger partial charge in [0.15, 0.2) is 0 Å². The summed E-state index contributed by atoms with van der Waals surface area (Å²) in [6.45, 7) is 2.83. The molecule has 16 heavy (non-hydrogen) atoms. The zero-order valence-electron chi connectivity index (χ0n) is 9.79. The van der Waals surface area contributed by atoms with Crippen LogP contribution in [0.15, 0.2) is 34.3 Å². The van der Waals surface area contributed by atoms with Crippen molar-refractivity contribution in [3.63, 3.8) is 0 Å². The summed E-state index contributed by atoms with van der Waals surface area (Å²) < 4.78 is 6.33. The van der Waals surface area contributed by atoms with Crippen LogP contribution in [0.1, 0.15) is 18.9 Å². The molecule has 0 amide bonds. The second-order valence-electron chi connectivity index (χ2n) is 3.76. The van der Waals surface area contributed by atoms with Gasteiger partial charge in [0.05, 0.1) is 7.11 Å². The maximum atomic E-state index is 5.47. The second kappa shape index (κ2) is 6.71. The van der Waals surface area contributed by atoms with Gasteiger partial charge in [0.25, 0.3) is 0 Å². The van der Waals surface area contributed by atoms with Gasteiger partial charge in [-0.15, -0.1) is 0 Å². The van der Waals surface area contributed by atoms with E-state index in [1.165, 1.54) is 11.1 Å². The van der Waals surface area contributed by atoms with Crippen molar-refractivity contribution in [1.29, 1.82) is 0 Å². The Morgan fingerprint density at radius 1 is 1.50 bits per heavy atom. The fourth-order valence-electron chi connectivity index (χ4n) is 1.52. The van der Waals surface area contributed by atoms with Crippen LogP contribution in [-0.4, -0.2) is 13.7 Å². The molecule has 1 aromatic carbocycles. The van der Waals surface area contributed by atoms with Gasteiger partial charge in [-0.1, -0.05) is 27.6 Å². The fourth-order valence-corrected chi connectivity index (χ4v) is 1.90. The predicted molar refractivity (Wildman–Crippen MR) is 71.8 cm³/mol. The third-order valence-corrected chi connectivity index (χ3v) is 3.16. The Hall–Kier alpha value is -0.800. The van der Waals surface area contributed by atoms with Crippen molar-refractivity contribution < 1.29 is 4.74 Å². The number of hydrogen-bond donors (Lipinski definition) is 1. The van der Waals surface area contributed by atoms with E-state index >= 15 is 0 Å². The highest BCUT2D eigenvalue weighted by atomic mass is 79.9. The van der Waals surface area contributed by atoms with E-state index in [9.17, 15) is 0 Å². The molecular weight excluding hydrogens is 266 g/mol. The van der Waals surface area contributed by atoms with Crippen molar-refractivity contribution in [2.45, 2.75) is 19.8 Å². The first-order valence-corrected chi connectivity index (χ1v) is 6.14. The average molecular weight is 284 g/mol. The molecule has 0 unspecified atom stereocenters. The van der Waals surface area contributed by atoms with Crippen LogP contribution < -0.4 is 10.5 Å². The van der Waals surface area contributed by atoms with Crippen LogP contribution in [0.3, 0.4) is 0 Å². The van der Waals surface area contributed by atoms with Crippen molar-refractivity contribution in [3.05, 3.63) is 39.9 Å². The molecule has 0 aliphatic rings. The molecule has 0 radical (unpaired) electrons. The predicted octanol–water partition coefficient (Wildman–Crippen LogP) is 3.30. The molecule has 0 saturated carbocycles. The lowest BCUT2D eigenvalue weighted by atomic mass is 10.1. The maximum Gasteiger partial charge on any atom is 0.119 e. The number of nitrogens with two attached hydrogens (primary N) is 1. The van der Waals surface area contributed by atoms with E-state index in [1.54, 1.807) is 7.11 Å². The van der Waals surface area contributed by atoms with Crippen molar-refractivity contribution in [2.75, 3.05) is 13.7 Å². The van der Waals surface area contributed by atoms with Gasteiger partial charge in [-0.05, 0) is 50.1 Å². The molecule has 0 spiro atoms. The lowest BCUT2D eigenvalue weighted by molar-refractivity contribution is 0.414. The SMILES string of the molecule is COc1ccc(Br)c(CC(C)=CCCN)c1. The molecule has 88 valence electrons. The van der Waals surface area contributed by atoms with Crippen LogP contribution in [0, 0.1) is 0 Å². The Kier molecular flexibility index (Phi) is 5.56. The molecule has 2 nitrogen and oxygen atoms in total. The molecular formula is C13H18BrNO. The zero-order valence-corrected chi connectivity index (χ0v) is 11.4. The summed E-state index contributed by atoms with van der Waals surface area (Å²) in [5.41, 5.74) is 8.05. The molecule has 2 N–H and O–H groups in total. The first kappa shape index (κ1) is 13.3. The lowest BCUT2D eigenvalue weighted by Gasteiger charge is -2.07. The normalized spacial score (nSPS) is 11.6. The number of halogens is 1. The van der Waals surface area contributed by atoms with E-state index in [-0.39, 0.29) is 0 Å². The molecule has 0 aromatic heterocycles. The van der Waals surface area contributed by atoms with Gasteiger partial charge >= 0.3 is 0 Å². The Balaban J connectivity index is 2.79. The maximum absolute atomic E-state index is 5.47. The minimum Gasteiger partial charge on any atom is -0.497 e. The third-order valence-electron chi connectivity index (χ3n) is 2.38. The van der Waals surface area contributed by atoms with E-state index in [2.05, 4.69) is 35.0 Å². The van der Waals surface area contributed by atoms with Gasteiger partial charge < -0.3 is 10.5 Å². The summed E-state index contributed by atoms with van der Waals surface area (Å²) in [5, 5.41) is 0. The number of hydrogen-bond acceptors (Lipinski definition) is 2. The molecule has 0 aliphatic carbocycles. The largest absolute Gasteiger partial charge is 0.497 e. The Bertz CT molecular complexity index is 374. The topological polar surface area (TPSA) is 35.2 Å². The van der Waals surface area contributed by atoms with E-state index in [0.29, 0.717) is 6.54 Å². The highest BCUT2D eigenvalue weighted by molar-refractivity contribution is 9.10. The van der Waals surface area contributed by atoms with Crippen molar-refractivity contribution >= 4 is 15.9 Å². The van der Waals surface area contributed by atoms with Gasteiger partial charge in [-0.3, -0.25) is 0 Å². The molecule has 1 aromatic rings.